The number of benzene rings is 1. The molecule has 0 saturated carbocycles. The Labute approximate surface area is 171 Å². The minimum Gasteiger partial charge on any atom is -0.337 e. The number of carbonyl (C=O) groups excluding carboxylic acids is 1. The molecule has 1 amide bonds. The quantitative estimate of drug-likeness (QED) is 0.701. The van der Waals surface area contributed by atoms with E-state index in [-0.39, 0.29) is 39.4 Å². The third kappa shape index (κ3) is 4.61. The van der Waals surface area contributed by atoms with Crippen molar-refractivity contribution in [2.24, 2.45) is 0 Å². The lowest BCUT2D eigenvalue weighted by atomic mass is 10.1. The maximum absolute atomic E-state index is 13.3. The molecule has 0 aliphatic carbocycles. The van der Waals surface area contributed by atoms with Crippen molar-refractivity contribution in [3.63, 3.8) is 0 Å². The zero-order valence-electron chi connectivity index (χ0n) is 14.5. The number of piperidine rings is 1. The molecule has 5 nitrogen and oxygen atoms in total. The second-order valence-corrected chi connectivity index (χ2v) is 9.22. The maximum Gasteiger partial charge on any atom is 0.272 e. The van der Waals surface area contributed by atoms with E-state index >= 15 is 0 Å². The SMILES string of the molecule is O=C(c1cccc(CS(=O)(=O)c2cccc(Cl)c2Cl)n1)N1CCC(F)(F)CC1. The van der Waals surface area contributed by atoms with Crippen molar-refractivity contribution >= 4 is 38.9 Å². The van der Waals surface area contributed by atoms with E-state index in [0.29, 0.717) is 0 Å². The number of likely N-dealkylation sites (tertiary alicyclic amines) is 1. The predicted octanol–water partition coefficient (Wildman–Crippen LogP) is 4.23. The van der Waals surface area contributed by atoms with E-state index < -0.39 is 40.3 Å². The molecule has 0 bridgehead atoms. The minimum absolute atomic E-state index is 0.00936. The molecule has 10 heteroatoms. The second kappa shape index (κ2) is 7.93. The van der Waals surface area contributed by atoms with E-state index in [9.17, 15) is 22.0 Å². The summed E-state index contributed by atoms with van der Waals surface area (Å²) in [5.74, 6) is -3.75. The standard InChI is InChI=1S/C18H16Cl2F2N2O3S/c19-13-4-2-6-15(16(13)20)28(26,27)11-12-3-1-5-14(23-12)17(25)24-9-7-18(21,22)8-10-24/h1-6H,7-11H2. The Morgan fingerprint density at radius 1 is 1.11 bits per heavy atom. The molecule has 2 heterocycles. The Bertz CT molecular complexity index is 1010. The van der Waals surface area contributed by atoms with Gasteiger partial charge in [0, 0.05) is 25.9 Å². The Balaban J connectivity index is 1.80. The molecule has 0 radical (unpaired) electrons. The van der Waals surface area contributed by atoms with E-state index in [2.05, 4.69) is 4.98 Å². The van der Waals surface area contributed by atoms with Crippen LogP contribution in [-0.4, -0.2) is 43.2 Å². The van der Waals surface area contributed by atoms with Crippen LogP contribution in [0.25, 0.3) is 0 Å². The second-order valence-electron chi connectivity index (χ2n) is 6.47. The number of hydrogen-bond acceptors (Lipinski definition) is 4. The van der Waals surface area contributed by atoms with Gasteiger partial charge in [0.25, 0.3) is 11.8 Å². The van der Waals surface area contributed by atoms with Crippen LogP contribution in [0.5, 0.6) is 0 Å². The van der Waals surface area contributed by atoms with Crippen molar-refractivity contribution in [3.05, 3.63) is 57.8 Å². The zero-order valence-corrected chi connectivity index (χ0v) is 16.9. The van der Waals surface area contributed by atoms with Gasteiger partial charge < -0.3 is 4.90 Å². The van der Waals surface area contributed by atoms with Crippen LogP contribution in [0.1, 0.15) is 29.0 Å². The lowest BCUT2D eigenvalue weighted by Crippen LogP contribution is -2.43. The highest BCUT2D eigenvalue weighted by Crippen LogP contribution is 2.31. The van der Waals surface area contributed by atoms with Crippen LogP contribution in [0.15, 0.2) is 41.3 Å². The number of alkyl halides is 2. The highest BCUT2D eigenvalue weighted by Gasteiger charge is 2.36. The molecule has 0 atom stereocenters. The fourth-order valence-electron chi connectivity index (χ4n) is 2.87. The molecule has 1 fully saturated rings. The molecule has 1 aliphatic heterocycles. The molecule has 1 saturated heterocycles. The van der Waals surface area contributed by atoms with Crippen LogP contribution >= 0.6 is 23.2 Å². The molecule has 28 heavy (non-hydrogen) atoms. The van der Waals surface area contributed by atoms with E-state index in [4.69, 9.17) is 23.2 Å². The van der Waals surface area contributed by atoms with Gasteiger partial charge in [-0.3, -0.25) is 4.79 Å². The molecule has 1 aromatic heterocycles. The van der Waals surface area contributed by atoms with Crippen molar-refractivity contribution in [1.82, 2.24) is 9.88 Å². The summed E-state index contributed by atoms with van der Waals surface area (Å²) < 4.78 is 51.9. The molecule has 0 spiro atoms. The summed E-state index contributed by atoms with van der Waals surface area (Å²) in [7, 11) is -3.85. The Morgan fingerprint density at radius 3 is 2.43 bits per heavy atom. The molecule has 150 valence electrons. The average Bonchev–Trinajstić information content (AvgIpc) is 2.63. The van der Waals surface area contributed by atoms with E-state index in [1.54, 1.807) is 0 Å². The van der Waals surface area contributed by atoms with E-state index in [0.717, 1.165) is 0 Å². The largest absolute Gasteiger partial charge is 0.337 e. The van der Waals surface area contributed by atoms with Crippen LogP contribution in [0.3, 0.4) is 0 Å². The number of amides is 1. The fourth-order valence-corrected chi connectivity index (χ4v) is 4.96. The predicted molar refractivity (Wildman–Crippen MR) is 102 cm³/mol. The highest BCUT2D eigenvalue weighted by molar-refractivity contribution is 7.90. The van der Waals surface area contributed by atoms with Crippen LogP contribution < -0.4 is 0 Å². The number of nitrogens with zero attached hydrogens (tertiary/aromatic N) is 2. The number of pyridine rings is 1. The number of halogens is 4. The molecular weight excluding hydrogens is 433 g/mol. The molecule has 0 unspecified atom stereocenters. The third-order valence-corrected chi connectivity index (χ3v) is 7.01. The first-order chi connectivity index (χ1) is 13.1. The topological polar surface area (TPSA) is 67.3 Å². The number of aromatic nitrogens is 1. The van der Waals surface area contributed by atoms with Crippen molar-refractivity contribution in [3.8, 4) is 0 Å². The highest BCUT2D eigenvalue weighted by atomic mass is 35.5. The van der Waals surface area contributed by atoms with Crippen molar-refractivity contribution < 1.29 is 22.0 Å². The van der Waals surface area contributed by atoms with Crippen LogP contribution in [0.2, 0.25) is 10.0 Å². The molecule has 3 rings (SSSR count). The summed E-state index contributed by atoms with van der Waals surface area (Å²) in [6.07, 6.45) is -0.805. The van der Waals surface area contributed by atoms with Crippen LogP contribution in [0, 0.1) is 0 Å². The number of rotatable bonds is 4. The van der Waals surface area contributed by atoms with E-state index in [1.807, 2.05) is 0 Å². The van der Waals surface area contributed by atoms with Gasteiger partial charge in [0.2, 0.25) is 0 Å². The van der Waals surface area contributed by atoms with Gasteiger partial charge in [-0.25, -0.2) is 22.2 Å². The Hall–Kier alpha value is -1.77. The number of hydrogen-bond donors (Lipinski definition) is 0. The zero-order chi connectivity index (χ0) is 20.5. The molecular formula is C18H16Cl2F2N2O3S. The molecule has 1 aliphatic rings. The summed E-state index contributed by atoms with van der Waals surface area (Å²) in [4.78, 5) is 17.8. The summed E-state index contributed by atoms with van der Waals surface area (Å²) >= 11 is 11.9. The fraction of sp³-hybridized carbons (Fsp3) is 0.333. The first kappa shape index (κ1) is 21.0. The van der Waals surface area contributed by atoms with Gasteiger partial charge in [-0.1, -0.05) is 35.3 Å². The smallest absolute Gasteiger partial charge is 0.272 e. The number of carbonyl (C=O) groups is 1. The van der Waals surface area contributed by atoms with Crippen molar-refractivity contribution in [2.75, 3.05) is 13.1 Å². The van der Waals surface area contributed by atoms with E-state index in [1.165, 1.54) is 41.3 Å². The van der Waals surface area contributed by atoms with Gasteiger partial charge in [0.1, 0.15) is 5.69 Å². The summed E-state index contributed by atoms with van der Waals surface area (Å²) in [5, 5.41) is 0.0344. The Kier molecular flexibility index (Phi) is 5.93. The minimum atomic E-state index is -3.85. The van der Waals surface area contributed by atoms with Crippen LogP contribution in [0.4, 0.5) is 8.78 Å². The molecule has 1 aromatic carbocycles. The van der Waals surface area contributed by atoms with Gasteiger partial charge in [0.15, 0.2) is 9.84 Å². The first-order valence-electron chi connectivity index (χ1n) is 8.39. The third-order valence-electron chi connectivity index (χ3n) is 4.40. The Morgan fingerprint density at radius 2 is 1.75 bits per heavy atom. The van der Waals surface area contributed by atoms with Gasteiger partial charge >= 0.3 is 0 Å². The van der Waals surface area contributed by atoms with Gasteiger partial charge in [0.05, 0.1) is 26.4 Å². The summed E-state index contributed by atoms with van der Waals surface area (Å²) in [6.45, 7) is -0.150. The lowest BCUT2D eigenvalue weighted by Gasteiger charge is -2.31. The van der Waals surface area contributed by atoms with Crippen LogP contribution in [-0.2, 0) is 15.6 Å². The maximum atomic E-state index is 13.3. The summed E-state index contributed by atoms with van der Waals surface area (Å²) in [5.41, 5.74) is 0.152. The number of sulfone groups is 1. The lowest BCUT2D eigenvalue weighted by molar-refractivity contribution is -0.0495. The monoisotopic (exact) mass is 448 g/mol. The normalized spacial score (nSPS) is 16.8. The summed E-state index contributed by atoms with van der Waals surface area (Å²) in [6, 6.07) is 8.69. The first-order valence-corrected chi connectivity index (χ1v) is 10.8. The van der Waals surface area contributed by atoms with Crippen molar-refractivity contribution in [2.45, 2.75) is 29.4 Å². The van der Waals surface area contributed by atoms with Crippen molar-refractivity contribution in [1.29, 1.82) is 0 Å². The van der Waals surface area contributed by atoms with Gasteiger partial charge in [-0.2, -0.15) is 0 Å². The average molecular weight is 449 g/mol. The molecule has 2 aromatic rings. The van der Waals surface area contributed by atoms with Gasteiger partial charge in [-0.05, 0) is 24.3 Å². The van der Waals surface area contributed by atoms with Gasteiger partial charge in [-0.15, -0.1) is 0 Å². The molecule has 0 N–H and O–H groups in total.